The predicted octanol–water partition coefficient (Wildman–Crippen LogP) is 7.36. The molecule has 0 aromatic heterocycles. The molecule has 4 rings (SSSR count). The Hall–Kier alpha value is -4.67. The monoisotopic (exact) mass is 890 g/mol. The molecule has 0 saturated carbocycles. The minimum absolute atomic E-state index is 0.0949. The number of carbonyl (C=O) groups is 2. The highest BCUT2D eigenvalue weighted by molar-refractivity contribution is 7.85. The number of nitrogens with one attached hydrogen (secondary N) is 1. The van der Waals surface area contributed by atoms with Crippen molar-refractivity contribution in [2.45, 2.75) is 94.8 Å². The highest BCUT2D eigenvalue weighted by Crippen LogP contribution is 2.51. The smallest absolute Gasteiger partial charge is 0.219 e. The van der Waals surface area contributed by atoms with Crippen molar-refractivity contribution in [3.8, 4) is 0 Å². The Kier molecular flexibility index (Phi) is 20.2. The van der Waals surface area contributed by atoms with Gasteiger partial charge in [-0.1, -0.05) is 42.8 Å². The number of hydrogen-bond donors (Lipinski definition) is 1. The zero-order chi connectivity index (χ0) is 45.9. The summed E-state index contributed by atoms with van der Waals surface area (Å²) in [7, 11) is -1.45. The number of azide groups is 1. The number of benzene rings is 2. The van der Waals surface area contributed by atoms with Crippen molar-refractivity contribution in [3.63, 3.8) is 0 Å². The van der Waals surface area contributed by atoms with Crippen LogP contribution < -0.4 is 10.2 Å². The first kappa shape index (κ1) is 51.0. The maximum Gasteiger partial charge on any atom is 0.219 e. The molecule has 2 heterocycles. The number of hydrogen-bond acceptors (Lipinski definition) is 11. The third-order valence-electron chi connectivity index (χ3n) is 11.7. The van der Waals surface area contributed by atoms with Crippen LogP contribution in [0.1, 0.15) is 89.3 Å². The van der Waals surface area contributed by atoms with Gasteiger partial charge in [0, 0.05) is 86.2 Å². The topological polar surface area (TPSA) is 195 Å². The van der Waals surface area contributed by atoms with E-state index in [1.807, 2.05) is 18.2 Å². The molecule has 2 aromatic carbocycles. The van der Waals surface area contributed by atoms with Gasteiger partial charge < -0.3 is 33.7 Å². The van der Waals surface area contributed by atoms with Crippen LogP contribution in [0.4, 0.5) is 11.4 Å². The van der Waals surface area contributed by atoms with Gasteiger partial charge in [0.15, 0.2) is 12.3 Å². The molecule has 1 N–H and O–H groups in total. The average molecular weight is 891 g/mol. The number of anilines is 1. The highest BCUT2D eigenvalue weighted by Gasteiger charge is 2.45. The molecule has 1 amide bonds. The molecule has 0 fully saturated rings. The van der Waals surface area contributed by atoms with Gasteiger partial charge in [-0.25, -0.2) is 8.42 Å². The van der Waals surface area contributed by atoms with E-state index >= 15 is 0 Å². The molecular weight excluding hydrogens is 825 g/mol. The largest absolute Gasteiger partial charge is 0.744 e. The zero-order valence-electron chi connectivity index (χ0n) is 37.9. The van der Waals surface area contributed by atoms with Crippen LogP contribution in [0.15, 0.2) is 82.5 Å². The SMILES string of the molecule is CCc1ccc2c(c1)C(C)(C)C(/C=C/C=C/C=C1/N(CCCCCC(=O)NCCCC(=O)CN=[N+]=[N-])c3ccc(S(=O)(=O)[O-])cc3C1(C)CCOCCOC)=[N+]2CCOCCOC. The van der Waals surface area contributed by atoms with Crippen molar-refractivity contribution in [3.05, 3.63) is 99.6 Å². The fraction of sp³-hybridized carbons (Fsp3) is 0.553. The Morgan fingerprint density at radius 3 is 2.35 bits per heavy atom. The Morgan fingerprint density at radius 1 is 0.905 bits per heavy atom. The molecule has 16 heteroatoms. The van der Waals surface area contributed by atoms with E-state index in [1.165, 1.54) is 28.9 Å². The van der Waals surface area contributed by atoms with E-state index < -0.39 is 15.5 Å². The quantitative estimate of drug-likeness (QED) is 0.0164. The maximum atomic E-state index is 12.5. The normalized spacial score (nSPS) is 17.5. The molecule has 1 atom stereocenters. The molecule has 0 bridgehead atoms. The van der Waals surface area contributed by atoms with Crippen molar-refractivity contribution in [2.24, 2.45) is 5.11 Å². The minimum atomic E-state index is -4.72. The number of Topliss-reactive ketones (excluding diaryl/α,β-unsaturated/α-hetero) is 1. The molecule has 1 unspecified atom stereocenters. The van der Waals surface area contributed by atoms with Gasteiger partial charge in [0.2, 0.25) is 11.6 Å². The fourth-order valence-electron chi connectivity index (χ4n) is 8.18. The van der Waals surface area contributed by atoms with Gasteiger partial charge in [-0.2, -0.15) is 4.58 Å². The van der Waals surface area contributed by atoms with Gasteiger partial charge in [-0.05, 0) is 99.9 Å². The molecule has 0 radical (unpaired) electrons. The van der Waals surface area contributed by atoms with Crippen LogP contribution in [-0.2, 0) is 55.9 Å². The molecule has 0 spiro atoms. The van der Waals surface area contributed by atoms with E-state index in [0.717, 1.165) is 41.9 Å². The molecule has 2 aliphatic rings. The number of allylic oxidation sites excluding steroid dienone is 6. The van der Waals surface area contributed by atoms with E-state index in [-0.39, 0.29) is 35.0 Å². The summed E-state index contributed by atoms with van der Waals surface area (Å²) >= 11 is 0. The van der Waals surface area contributed by atoms with Gasteiger partial charge in [0.05, 0.1) is 43.3 Å². The van der Waals surface area contributed by atoms with Crippen LogP contribution in [0.25, 0.3) is 10.4 Å². The Bertz CT molecular complexity index is 2160. The van der Waals surface area contributed by atoms with E-state index in [1.54, 1.807) is 20.3 Å². The lowest BCUT2D eigenvalue weighted by Gasteiger charge is -2.30. The van der Waals surface area contributed by atoms with E-state index in [9.17, 15) is 22.6 Å². The maximum absolute atomic E-state index is 12.5. The first-order valence-corrected chi connectivity index (χ1v) is 23.3. The van der Waals surface area contributed by atoms with Crippen molar-refractivity contribution < 1.29 is 46.1 Å². The van der Waals surface area contributed by atoms with Gasteiger partial charge in [0.1, 0.15) is 22.5 Å². The Labute approximate surface area is 373 Å². The first-order chi connectivity index (χ1) is 30.2. The number of ketones is 1. The summed E-state index contributed by atoms with van der Waals surface area (Å²) in [6, 6.07) is 11.3. The van der Waals surface area contributed by atoms with Gasteiger partial charge in [-0.3, -0.25) is 9.59 Å². The van der Waals surface area contributed by atoms with Crippen LogP contribution >= 0.6 is 0 Å². The van der Waals surface area contributed by atoms with Crippen LogP contribution in [-0.4, -0.2) is 115 Å². The molecule has 0 aliphatic carbocycles. The third kappa shape index (κ3) is 14.2. The predicted molar refractivity (Wildman–Crippen MR) is 244 cm³/mol. The zero-order valence-corrected chi connectivity index (χ0v) is 38.7. The third-order valence-corrected chi connectivity index (χ3v) is 12.5. The van der Waals surface area contributed by atoms with Crippen LogP contribution in [0.2, 0.25) is 0 Å². The number of ether oxygens (including phenoxy) is 4. The molecule has 344 valence electrons. The number of carbonyl (C=O) groups excluding carboxylic acids is 2. The summed E-state index contributed by atoms with van der Waals surface area (Å²) < 4.78 is 61.4. The summed E-state index contributed by atoms with van der Waals surface area (Å²) in [6.07, 6.45) is 14.9. The first-order valence-electron chi connectivity index (χ1n) is 21.9. The van der Waals surface area contributed by atoms with Crippen molar-refractivity contribution in [1.29, 1.82) is 0 Å². The molecule has 15 nitrogen and oxygen atoms in total. The standard InChI is InChI=1S/C47H66N6O9S/c1-7-36-19-21-41-39(33-36)46(2,3)43(53(41)26-28-62-32-30-60-6)16-10-8-11-17-44-47(4,23-27-61-31-29-59-5)40-34-38(63(56,57)58)20-22-42(40)52(44)25-13-9-12-18-45(55)49-24-14-15-37(54)35-50-51-48/h8,10-11,16-17,19-22,33-34H,7,9,12-15,18,23-32,35H2,1-6H3,(H-,49,55,56,57,58). The lowest BCUT2D eigenvalue weighted by molar-refractivity contribution is -0.442. The van der Waals surface area contributed by atoms with Gasteiger partial charge in [0.25, 0.3) is 0 Å². The number of amides is 1. The highest BCUT2D eigenvalue weighted by atomic mass is 32.2. The van der Waals surface area contributed by atoms with E-state index in [0.29, 0.717) is 85.0 Å². The van der Waals surface area contributed by atoms with Crippen molar-refractivity contribution >= 4 is 38.9 Å². The van der Waals surface area contributed by atoms with Crippen LogP contribution in [0.5, 0.6) is 0 Å². The molecule has 2 aliphatic heterocycles. The second kappa shape index (κ2) is 25.0. The lowest BCUT2D eigenvalue weighted by Crippen LogP contribution is -2.30. The Morgan fingerprint density at radius 2 is 1.65 bits per heavy atom. The van der Waals surface area contributed by atoms with E-state index in [4.69, 9.17) is 24.5 Å². The molecule has 63 heavy (non-hydrogen) atoms. The fourth-order valence-corrected chi connectivity index (χ4v) is 8.67. The second-order valence-corrected chi connectivity index (χ2v) is 17.8. The number of methoxy groups -OCH3 is 2. The van der Waals surface area contributed by atoms with Gasteiger partial charge in [-0.15, -0.1) is 0 Å². The molecular formula is C47H66N6O9S. The summed E-state index contributed by atoms with van der Waals surface area (Å²) in [4.78, 5) is 28.7. The van der Waals surface area contributed by atoms with Crippen LogP contribution in [0.3, 0.4) is 0 Å². The number of rotatable bonds is 29. The van der Waals surface area contributed by atoms with Crippen LogP contribution in [0, 0.1) is 0 Å². The average Bonchev–Trinajstić information content (AvgIpc) is 3.61. The number of unbranched alkanes of at least 4 members (excludes halogenated alkanes) is 2. The number of fused-ring (bicyclic) bond motifs is 2. The second-order valence-electron chi connectivity index (χ2n) is 16.4. The Balaban J connectivity index is 1.59. The van der Waals surface area contributed by atoms with Crippen molar-refractivity contribution in [1.82, 2.24) is 5.32 Å². The molecule has 2 aromatic rings. The number of nitrogens with zero attached hydrogens (tertiary/aromatic N) is 5. The van der Waals surface area contributed by atoms with E-state index in [2.05, 4.69) is 82.9 Å². The van der Waals surface area contributed by atoms with Crippen molar-refractivity contribution in [2.75, 3.05) is 84.9 Å². The summed E-state index contributed by atoms with van der Waals surface area (Å²) in [5.74, 6) is -0.263. The lowest BCUT2D eigenvalue weighted by atomic mass is 9.78. The minimum Gasteiger partial charge on any atom is -0.744 e. The summed E-state index contributed by atoms with van der Waals surface area (Å²) in [5, 5.41) is 6.13. The summed E-state index contributed by atoms with van der Waals surface area (Å²) in [6.45, 7) is 13.0. The van der Waals surface area contributed by atoms with Gasteiger partial charge >= 0.3 is 0 Å². The molecule has 0 saturated heterocycles. The summed E-state index contributed by atoms with van der Waals surface area (Å²) in [5.41, 5.74) is 14.8. The number of aryl methyl sites for hydroxylation is 1.